The van der Waals surface area contributed by atoms with Gasteiger partial charge in [-0.25, -0.2) is 0 Å². The lowest BCUT2D eigenvalue weighted by molar-refractivity contribution is 0.375. The fourth-order valence-corrected chi connectivity index (χ4v) is 1.68. The van der Waals surface area contributed by atoms with Crippen molar-refractivity contribution in [3.63, 3.8) is 0 Å². The van der Waals surface area contributed by atoms with Crippen LogP contribution in [0.4, 0.5) is 0 Å². The molecule has 1 aromatic heterocycles. The van der Waals surface area contributed by atoms with Gasteiger partial charge in [-0.2, -0.15) is 4.98 Å². The highest BCUT2D eigenvalue weighted by atomic mass is 79.9. The number of nitrogens with two attached hydrogens (primary N) is 1. The van der Waals surface area contributed by atoms with Crippen molar-refractivity contribution in [2.45, 2.75) is 13.0 Å². The van der Waals surface area contributed by atoms with Crippen molar-refractivity contribution in [2.24, 2.45) is 5.73 Å². The Labute approximate surface area is 108 Å². The Morgan fingerprint density at radius 1 is 1.31 bits per heavy atom. The molecule has 16 heavy (non-hydrogen) atoms. The van der Waals surface area contributed by atoms with Gasteiger partial charge in [0, 0.05) is 10.9 Å². The van der Waals surface area contributed by atoms with E-state index in [9.17, 15) is 0 Å². The van der Waals surface area contributed by atoms with Gasteiger partial charge >= 0.3 is 0 Å². The zero-order chi connectivity index (χ0) is 10.7. The zero-order valence-corrected chi connectivity index (χ0v) is 10.8. The standard InChI is InChI=1S/C10H10BrN3O.ClH/c11-8-4-2-1-3-7(8)5-9-13-10(6-12)15-14-9;/h1-4H,5-6,12H2;1H. The fourth-order valence-electron chi connectivity index (χ4n) is 1.26. The molecule has 0 fully saturated rings. The number of aromatic nitrogens is 2. The van der Waals surface area contributed by atoms with Gasteiger partial charge in [0.2, 0.25) is 5.89 Å². The third-order valence-corrected chi connectivity index (χ3v) is 2.76. The number of halogens is 2. The predicted octanol–water partition coefficient (Wildman–Crippen LogP) is 2.30. The molecule has 0 radical (unpaired) electrons. The third kappa shape index (κ3) is 3.04. The predicted molar refractivity (Wildman–Crippen MR) is 66.4 cm³/mol. The Balaban J connectivity index is 0.00000128. The van der Waals surface area contributed by atoms with E-state index in [0.717, 1.165) is 10.0 Å². The Bertz CT molecular complexity index is 461. The van der Waals surface area contributed by atoms with Crippen LogP contribution in [0.2, 0.25) is 0 Å². The molecule has 0 aliphatic carbocycles. The minimum absolute atomic E-state index is 0. The summed E-state index contributed by atoms with van der Waals surface area (Å²) in [4.78, 5) is 4.14. The number of hydrogen-bond acceptors (Lipinski definition) is 4. The van der Waals surface area contributed by atoms with Crippen LogP contribution in [-0.4, -0.2) is 10.1 Å². The highest BCUT2D eigenvalue weighted by Crippen LogP contribution is 2.18. The summed E-state index contributed by atoms with van der Waals surface area (Å²) in [6, 6.07) is 7.95. The first-order valence-corrected chi connectivity index (χ1v) is 5.34. The van der Waals surface area contributed by atoms with E-state index in [4.69, 9.17) is 10.3 Å². The molecule has 1 heterocycles. The van der Waals surface area contributed by atoms with E-state index in [-0.39, 0.29) is 19.0 Å². The number of hydrogen-bond donors (Lipinski definition) is 1. The summed E-state index contributed by atoms with van der Waals surface area (Å²) in [7, 11) is 0. The molecule has 0 aliphatic heterocycles. The van der Waals surface area contributed by atoms with Crippen LogP contribution in [0, 0.1) is 0 Å². The highest BCUT2D eigenvalue weighted by Gasteiger charge is 2.07. The Hall–Kier alpha value is -0.910. The van der Waals surface area contributed by atoms with E-state index in [2.05, 4.69) is 26.1 Å². The molecule has 0 spiro atoms. The normalized spacial score (nSPS) is 9.88. The first-order chi connectivity index (χ1) is 7.29. The quantitative estimate of drug-likeness (QED) is 0.945. The van der Waals surface area contributed by atoms with E-state index in [1.54, 1.807) is 0 Å². The molecule has 0 aliphatic rings. The second-order valence-corrected chi connectivity index (χ2v) is 3.93. The number of benzene rings is 1. The van der Waals surface area contributed by atoms with Gasteiger partial charge in [-0.05, 0) is 11.6 Å². The average Bonchev–Trinajstić information content (AvgIpc) is 2.69. The van der Waals surface area contributed by atoms with E-state index in [1.807, 2.05) is 24.3 Å². The minimum atomic E-state index is 0. The molecular weight excluding hydrogens is 293 g/mol. The second kappa shape index (κ2) is 5.98. The van der Waals surface area contributed by atoms with Gasteiger partial charge in [-0.1, -0.05) is 39.3 Å². The van der Waals surface area contributed by atoms with Crippen LogP contribution < -0.4 is 5.73 Å². The van der Waals surface area contributed by atoms with Crippen LogP contribution in [-0.2, 0) is 13.0 Å². The van der Waals surface area contributed by atoms with Crippen LogP contribution in [0.3, 0.4) is 0 Å². The Kier molecular flexibility index (Phi) is 4.92. The van der Waals surface area contributed by atoms with Gasteiger partial charge in [0.05, 0.1) is 6.54 Å². The first-order valence-electron chi connectivity index (χ1n) is 4.54. The molecule has 2 N–H and O–H groups in total. The monoisotopic (exact) mass is 303 g/mol. The lowest BCUT2D eigenvalue weighted by atomic mass is 10.1. The van der Waals surface area contributed by atoms with E-state index in [1.165, 1.54) is 0 Å². The van der Waals surface area contributed by atoms with Gasteiger partial charge in [0.1, 0.15) is 0 Å². The zero-order valence-electron chi connectivity index (χ0n) is 8.39. The smallest absolute Gasteiger partial charge is 0.240 e. The van der Waals surface area contributed by atoms with Crippen molar-refractivity contribution >= 4 is 28.3 Å². The number of nitrogens with zero attached hydrogens (tertiary/aromatic N) is 2. The van der Waals surface area contributed by atoms with Crippen molar-refractivity contribution < 1.29 is 4.52 Å². The molecule has 6 heteroatoms. The topological polar surface area (TPSA) is 64.9 Å². The van der Waals surface area contributed by atoms with Crippen LogP contribution in [0.15, 0.2) is 33.3 Å². The molecule has 4 nitrogen and oxygen atoms in total. The molecule has 1 aromatic carbocycles. The molecule has 0 bridgehead atoms. The lowest BCUT2D eigenvalue weighted by Crippen LogP contribution is -1.97. The van der Waals surface area contributed by atoms with Gasteiger partial charge in [-0.15, -0.1) is 12.4 Å². The number of rotatable bonds is 3. The maximum Gasteiger partial charge on any atom is 0.240 e. The van der Waals surface area contributed by atoms with Gasteiger partial charge in [0.15, 0.2) is 5.82 Å². The summed E-state index contributed by atoms with van der Waals surface area (Å²) in [6.07, 6.45) is 0.644. The molecule has 86 valence electrons. The molecule has 0 saturated heterocycles. The van der Waals surface area contributed by atoms with Crippen molar-refractivity contribution in [2.75, 3.05) is 0 Å². The molecule has 0 saturated carbocycles. The molecule has 2 aromatic rings. The van der Waals surface area contributed by atoms with Crippen molar-refractivity contribution in [3.8, 4) is 0 Å². The second-order valence-electron chi connectivity index (χ2n) is 3.08. The molecule has 0 unspecified atom stereocenters. The van der Waals surface area contributed by atoms with Crippen molar-refractivity contribution in [3.05, 3.63) is 46.0 Å². The van der Waals surface area contributed by atoms with E-state index in [0.29, 0.717) is 18.1 Å². The van der Waals surface area contributed by atoms with Crippen LogP contribution in [0.25, 0.3) is 0 Å². The van der Waals surface area contributed by atoms with Crippen LogP contribution in [0.1, 0.15) is 17.3 Å². The minimum Gasteiger partial charge on any atom is -0.338 e. The highest BCUT2D eigenvalue weighted by molar-refractivity contribution is 9.10. The Morgan fingerprint density at radius 2 is 2.06 bits per heavy atom. The fraction of sp³-hybridized carbons (Fsp3) is 0.200. The van der Waals surface area contributed by atoms with E-state index >= 15 is 0 Å². The maximum atomic E-state index is 5.38. The summed E-state index contributed by atoms with van der Waals surface area (Å²) in [5, 5.41) is 3.84. The summed E-state index contributed by atoms with van der Waals surface area (Å²) in [6.45, 7) is 0.281. The summed E-state index contributed by atoms with van der Waals surface area (Å²) in [5.41, 5.74) is 6.51. The van der Waals surface area contributed by atoms with Crippen LogP contribution in [0.5, 0.6) is 0 Å². The summed E-state index contributed by atoms with van der Waals surface area (Å²) in [5.74, 6) is 1.12. The van der Waals surface area contributed by atoms with Gasteiger partial charge in [0.25, 0.3) is 0 Å². The third-order valence-electron chi connectivity index (χ3n) is 1.99. The Morgan fingerprint density at radius 3 is 2.69 bits per heavy atom. The summed E-state index contributed by atoms with van der Waals surface area (Å²) >= 11 is 3.47. The van der Waals surface area contributed by atoms with Gasteiger partial charge in [-0.3, -0.25) is 0 Å². The first kappa shape index (κ1) is 13.2. The van der Waals surface area contributed by atoms with Crippen molar-refractivity contribution in [1.29, 1.82) is 0 Å². The van der Waals surface area contributed by atoms with E-state index < -0.39 is 0 Å². The van der Waals surface area contributed by atoms with Crippen molar-refractivity contribution in [1.82, 2.24) is 10.1 Å². The maximum absolute atomic E-state index is 5.38. The molecule has 2 rings (SSSR count). The largest absolute Gasteiger partial charge is 0.338 e. The molecule has 0 amide bonds. The molecule has 0 atom stereocenters. The van der Waals surface area contributed by atoms with Gasteiger partial charge < -0.3 is 10.3 Å². The van der Waals surface area contributed by atoms with Crippen LogP contribution >= 0.6 is 28.3 Å². The average molecular weight is 305 g/mol. The SMILES string of the molecule is Cl.NCc1nc(Cc2ccccc2Br)no1. The molecular formula is C10H11BrClN3O. The summed E-state index contributed by atoms with van der Waals surface area (Å²) < 4.78 is 5.97. The lowest BCUT2D eigenvalue weighted by Gasteiger charge is -1.99.